The van der Waals surface area contributed by atoms with Crippen LogP contribution in [0, 0.1) is 5.82 Å². The first-order valence-electron chi connectivity index (χ1n) is 8.01. The summed E-state index contributed by atoms with van der Waals surface area (Å²) in [5, 5.41) is 5.25. The SMILES string of the molecule is Fc1ccc(Cl)cc1-c1cccc2sc3c4ccccc4ccc3c12. The maximum atomic E-state index is 14.5. The average molecular weight is 363 g/mol. The minimum absolute atomic E-state index is 0.253. The quantitative estimate of drug-likeness (QED) is 0.287. The Morgan fingerprint density at radius 3 is 2.56 bits per heavy atom. The molecule has 0 saturated heterocycles. The fourth-order valence-electron chi connectivity index (χ4n) is 3.48. The first-order chi connectivity index (χ1) is 12.2. The molecule has 0 aliphatic rings. The molecule has 5 aromatic rings. The monoisotopic (exact) mass is 362 g/mol. The Kier molecular flexibility index (Phi) is 3.30. The third-order valence-electron chi connectivity index (χ3n) is 4.61. The van der Waals surface area contributed by atoms with Gasteiger partial charge >= 0.3 is 0 Å². The summed E-state index contributed by atoms with van der Waals surface area (Å²) >= 11 is 7.88. The van der Waals surface area contributed by atoms with Gasteiger partial charge in [0.2, 0.25) is 0 Å². The van der Waals surface area contributed by atoms with Gasteiger partial charge in [-0.25, -0.2) is 4.39 Å². The first-order valence-corrected chi connectivity index (χ1v) is 9.20. The van der Waals surface area contributed by atoms with Crippen molar-refractivity contribution in [3.05, 3.63) is 83.6 Å². The molecule has 0 aliphatic heterocycles. The van der Waals surface area contributed by atoms with E-state index in [0.717, 1.165) is 21.0 Å². The Morgan fingerprint density at radius 2 is 1.64 bits per heavy atom. The zero-order chi connectivity index (χ0) is 17.0. The second-order valence-electron chi connectivity index (χ2n) is 6.07. The van der Waals surface area contributed by atoms with Crippen molar-refractivity contribution in [2.45, 2.75) is 0 Å². The normalized spacial score (nSPS) is 11.6. The van der Waals surface area contributed by atoms with Gasteiger partial charge in [-0.15, -0.1) is 11.3 Å². The van der Waals surface area contributed by atoms with E-state index in [-0.39, 0.29) is 5.82 Å². The van der Waals surface area contributed by atoms with E-state index >= 15 is 0 Å². The minimum atomic E-state index is -0.253. The predicted molar refractivity (Wildman–Crippen MR) is 107 cm³/mol. The highest BCUT2D eigenvalue weighted by Gasteiger charge is 2.15. The standard InChI is InChI=1S/C22H12ClFS/c23-14-9-11-19(24)18(12-14)16-6-3-7-20-21(16)17-10-8-13-4-1-2-5-15(13)22(17)25-20/h1-12H. The Balaban J connectivity index is 1.95. The molecule has 0 nitrogen and oxygen atoms in total. The topological polar surface area (TPSA) is 0 Å². The van der Waals surface area contributed by atoms with Gasteiger partial charge in [0.25, 0.3) is 0 Å². The third-order valence-corrected chi connectivity index (χ3v) is 6.04. The van der Waals surface area contributed by atoms with Gasteiger partial charge in [-0.2, -0.15) is 0 Å². The molecule has 3 heteroatoms. The van der Waals surface area contributed by atoms with Crippen LogP contribution in [0.15, 0.2) is 72.8 Å². The van der Waals surface area contributed by atoms with Crippen LogP contribution in [0.4, 0.5) is 4.39 Å². The van der Waals surface area contributed by atoms with E-state index in [2.05, 4.69) is 36.4 Å². The van der Waals surface area contributed by atoms with Crippen LogP contribution in [0.5, 0.6) is 0 Å². The van der Waals surface area contributed by atoms with Crippen molar-refractivity contribution in [2.75, 3.05) is 0 Å². The second-order valence-corrected chi connectivity index (χ2v) is 7.56. The predicted octanol–water partition coefficient (Wildman–Crippen LogP) is 7.67. The van der Waals surface area contributed by atoms with Gasteiger partial charge in [0.15, 0.2) is 0 Å². The van der Waals surface area contributed by atoms with E-state index in [0.29, 0.717) is 10.6 Å². The van der Waals surface area contributed by atoms with Gasteiger partial charge in [0.05, 0.1) is 0 Å². The molecule has 0 bridgehead atoms. The molecule has 0 atom stereocenters. The lowest BCUT2D eigenvalue weighted by atomic mass is 9.98. The van der Waals surface area contributed by atoms with E-state index in [1.165, 1.54) is 21.5 Å². The van der Waals surface area contributed by atoms with Crippen LogP contribution in [0.3, 0.4) is 0 Å². The van der Waals surface area contributed by atoms with Gasteiger partial charge in [-0.3, -0.25) is 0 Å². The highest BCUT2D eigenvalue weighted by atomic mass is 35.5. The number of thiophene rings is 1. The Bertz CT molecular complexity index is 1270. The Labute approximate surface area is 153 Å². The summed E-state index contributed by atoms with van der Waals surface area (Å²) in [6, 6.07) is 23.4. The van der Waals surface area contributed by atoms with Crippen LogP contribution >= 0.6 is 22.9 Å². The van der Waals surface area contributed by atoms with Crippen molar-refractivity contribution < 1.29 is 4.39 Å². The summed E-state index contributed by atoms with van der Waals surface area (Å²) in [4.78, 5) is 0. The summed E-state index contributed by atoms with van der Waals surface area (Å²) in [5.74, 6) is -0.253. The second kappa shape index (κ2) is 5.55. The maximum Gasteiger partial charge on any atom is 0.131 e. The molecule has 5 rings (SSSR count). The van der Waals surface area contributed by atoms with Gasteiger partial charge in [0.1, 0.15) is 5.82 Å². The van der Waals surface area contributed by atoms with E-state index in [9.17, 15) is 4.39 Å². The smallest absolute Gasteiger partial charge is 0.131 e. The van der Waals surface area contributed by atoms with Crippen LogP contribution in [0.25, 0.3) is 42.1 Å². The lowest BCUT2D eigenvalue weighted by Crippen LogP contribution is -1.85. The van der Waals surface area contributed by atoms with Gasteiger partial charge < -0.3 is 0 Å². The van der Waals surface area contributed by atoms with E-state index in [1.54, 1.807) is 23.5 Å². The summed E-state index contributed by atoms with van der Waals surface area (Å²) in [6.45, 7) is 0. The van der Waals surface area contributed by atoms with Crippen molar-refractivity contribution in [1.82, 2.24) is 0 Å². The summed E-state index contributed by atoms with van der Waals surface area (Å²) in [7, 11) is 0. The lowest BCUT2D eigenvalue weighted by Gasteiger charge is -2.07. The molecule has 4 aromatic carbocycles. The van der Waals surface area contributed by atoms with Crippen LogP contribution in [-0.4, -0.2) is 0 Å². The number of halogens is 2. The Morgan fingerprint density at radius 1 is 0.760 bits per heavy atom. The first kappa shape index (κ1) is 14.9. The molecule has 120 valence electrons. The Hall–Kier alpha value is -2.42. The summed E-state index contributed by atoms with van der Waals surface area (Å²) in [5.41, 5.74) is 1.44. The van der Waals surface area contributed by atoms with Crippen LogP contribution in [0.2, 0.25) is 5.02 Å². The molecule has 0 aliphatic carbocycles. The third kappa shape index (κ3) is 2.25. The molecule has 0 radical (unpaired) electrons. The molecule has 0 unspecified atom stereocenters. The largest absolute Gasteiger partial charge is 0.206 e. The molecule has 25 heavy (non-hydrogen) atoms. The highest BCUT2D eigenvalue weighted by Crippen LogP contribution is 2.43. The van der Waals surface area contributed by atoms with Crippen molar-refractivity contribution in [1.29, 1.82) is 0 Å². The number of rotatable bonds is 1. The molecular formula is C22H12ClFS. The van der Waals surface area contributed by atoms with E-state index < -0.39 is 0 Å². The summed E-state index contributed by atoms with van der Waals surface area (Å²) in [6.07, 6.45) is 0. The molecule has 0 spiro atoms. The average Bonchev–Trinajstić information content (AvgIpc) is 3.03. The van der Waals surface area contributed by atoms with Crippen molar-refractivity contribution in [3.63, 3.8) is 0 Å². The maximum absolute atomic E-state index is 14.5. The fraction of sp³-hybridized carbons (Fsp3) is 0. The number of fused-ring (bicyclic) bond motifs is 5. The minimum Gasteiger partial charge on any atom is -0.206 e. The van der Waals surface area contributed by atoms with Crippen LogP contribution in [0.1, 0.15) is 0 Å². The zero-order valence-electron chi connectivity index (χ0n) is 13.1. The molecule has 0 amide bonds. The molecule has 0 fully saturated rings. The van der Waals surface area contributed by atoms with Gasteiger partial charge in [-0.05, 0) is 40.6 Å². The van der Waals surface area contributed by atoms with E-state index in [1.807, 2.05) is 18.2 Å². The molecule has 0 N–H and O–H groups in total. The highest BCUT2D eigenvalue weighted by molar-refractivity contribution is 7.26. The summed E-state index contributed by atoms with van der Waals surface area (Å²) < 4.78 is 16.9. The molecule has 0 saturated carbocycles. The molecule has 1 heterocycles. The molecule has 1 aromatic heterocycles. The molecular weight excluding hydrogens is 351 g/mol. The van der Waals surface area contributed by atoms with Crippen molar-refractivity contribution >= 4 is 53.9 Å². The lowest BCUT2D eigenvalue weighted by molar-refractivity contribution is 0.631. The van der Waals surface area contributed by atoms with Crippen LogP contribution < -0.4 is 0 Å². The van der Waals surface area contributed by atoms with Crippen molar-refractivity contribution in [2.24, 2.45) is 0 Å². The number of hydrogen-bond donors (Lipinski definition) is 0. The van der Waals surface area contributed by atoms with E-state index in [4.69, 9.17) is 11.6 Å². The number of benzene rings is 4. The number of hydrogen-bond acceptors (Lipinski definition) is 1. The van der Waals surface area contributed by atoms with Gasteiger partial charge in [0, 0.05) is 30.8 Å². The van der Waals surface area contributed by atoms with Crippen molar-refractivity contribution in [3.8, 4) is 11.1 Å². The zero-order valence-corrected chi connectivity index (χ0v) is 14.7. The van der Waals surface area contributed by atoms with Gasteiger partial charge in [-0.1, -0.05) is 60.1 Å². The fourth-order valence-corrected chi connectivity index (χ4v) is 4.92. The van der Waals surface area contributed by atoms with Crippen LogP contribution in [-0.2, 0) is 0 Å².